The number of aliphatic imine (C=N–C) groups is 1. The van der Waals surface area contributed by atoms with E-state index in [4.69, 9.17) is 4.99 Å². The van der Waals surface area contributed by atoms with Crippen LogP contribution in [-0.4, -0.2) is 18.9 Å². The number of hydrogen-bond acceptors (Lipinski definition) is 3. The summed E-state index contributed by atoms with van der Waals surface area (Å²) in [6.45, 7) is 0. The number of halogens is 1. The fourth-order valence-electron chi connectivity index (χ4n) is 3.92. The summed E-state index contributed by atoms with van der Waals surface area (Å²) in [4.78, 5) is 17.1. The van der Waals surface area contributed by atoms with Crippen LogP contribution in [0.25, 0.3) is 11.1 Å². The molecule has 2 aromatic carbocycles. The standard InChI is InChI=1S/C20H20FN3O/c1-22-19-23-18(25)12-20(24-19)9-3-5-13-7-8-15(11-17(13)20)14-4-2-6-16(21)10-14/h2,4,6-8,10-11H,3,5,9,12H2,1H3,(H2,22,23,24,25)/t20-/m0/s1. The molecule has 0 aromatic heterocycles. The second-order valence-corrected chi connectivity index (χ2v) is 6.70. The lowest BCUT2D eigenvalue weighted by atomic mass is 9.73. The Kier molecular flexibility index (Phi) is 3.79. The summed E-state index contributed by atoms with van der Waals surface area (Å²) in [5.74, 6) is 0.237. The minimum absolute atomic E-state index is 0.0247. The van der Waals surface area contributed by atoms with Gasteiger partial charge in [-0.05, 0) is 59.7 Å². The number of carbonyl (C=O) groups excluding carboxylic acids is 1. The molecule has 5 heteroatoms. The van der Waals surface area contributed by atoms with Gasteiger partial charge in [0.25, 0.3) is 0 Å². The van der Waals surface area contributed by atoms with Crippen LogP contribution in [0, 0.1) is 5.82 Å². The van der Waals surface area contributed by atoms with Gasteiger partial charge in [-0.3, -0.25) is 10.1 Å². The number of nitrogens with zero attached hydrogens (tertiary/aromatic N) is 1. The summed E-state index contributed by atoms with van der Waals surface area (Å²) in [6.07, 6.45) is 3.16. The number of rotatable bonds is 1. The molecule has 0 unspecified atom stereocenters. The molecule has 0 radical (unpaired) electrons. The second-order valence-electron chi connectivity index (χ2n) is 6.70. The number of aryl methyl sites for hydroxylation is 1. The van der Waals surface area contributed by atoms with Crippen molar-refractivity contribution in [3.8, 4) is 11.1 Å². The highest BCUT2D eigenvalue weighted by Gasteiger charge is 2.41. The second kappa shape index (κ2) is 5.99. The molecule has 2 N–H and O–H groups in total. The molecule has 2 aliphatic rings. The zero-order chi connectivity index (χ0) is 17.4. The molecule has 0 bridgehead atoms. The molecule has 0 saturated heterocycles. The van der Waals surface area contributed by atoms with Gasteiger partial charge in [0.05, 0.1) is 12.0 Å². The summed E-state index contributed by atoms with van der Waals surface area (Å²) in [7, 11) is 1.75. The van der Waals surface area contributed by atoms with E-state index < -0.39 is 5.54 Å². The minimum Gasteiger partial charge on any atom is -0.359 e. The van der Waals surface area contributed by atoms with Crippen molar-refractivity contribution in [1.82, 2.24) is 10.6 Å². The largest absolute Gasteiger partial charge is 0.359 e. The summed E-state index contributed by atoms with van der Waals surface area (Å²) in [6, 6.07) is 12.8. The maximum absolute atomic E-state index is 13.6. The summed E-state index contributed by atoms with van der Waals surface area (Å²) in [5.41, 5.74) is 3.56. The monoisotopic (exact) mass is 337 g/mol. The summed E-state index contributed by atoms with van der Waals surface area (Å²) in [5, 5.41) is 5.73. The molecule has 1 atom stereocenters. The molecule has 128 valence electrons. The van der Waals surface area contributed by atoms with Gasteiger partial charge in [0.2, 0.25) is 5.91 Å². The van der Waals surface area contributed by atoms with Crippen molar-refractivity contribution in [2.45, 2.75) is 31.2 Å². The van der Waals surface area contributed by atoms with Crippen LogP contribution in [0.4, 0.5) is 4.39 Å². The van der Waals surface area contributed by atoms with Crippen LogP contribution in [0.15, 0.2) is 47.5 Å². The van der Waals surface area contributed by atoms with Crippen molar-refractivity contribution < 1.29 is 9.18 Å². The first-order valence-electron chi connectivity index (χ1n) is 8.56. The van der Waals surface area contributed by atoms with E-state index in [9.17, 15) is 9.18 Å². The number of guanidine groups is 1. The average Bonchev–Trinajstić information content (AvgIpc) is 2.61. The molecule has 1 amide bonds. The van der Waals surface area contributed by atoms with Crippen LogP contribution < -0.4 is 10.6 Å². The number of benzene rings is 2. The van der Waals surface area contributed by atoms with Crippen LogP contribution in [0.2, 0.25) is 0 Å². The third-order valence-electron chi connectivity index (χ3n) is 5.08. The van der Waals surface area contributed by atoms with Crippen molar-refractivity contribution in [2.24, 2.45) is 4.99 Å². The SMILES string of the molecule is CNC1=N[C@@]2(CCCc3ccc(-c4cccc(F)c4)cc32)CC(=O)N1. The summed E-state index contributed by atoms with van der Waals surface area (Å²) >= 11 is 0. The smallest absolute Gasteiger partial charge is 0.229 e. The van der Waals surface area contributed by atoms with E-state index in [2.05, 4.69) is 22.8 Å². The highest BCUT2D eigenvalue weighted by Crippen LogP contribution is 2.43. The van der Waals surface area contributed by atoms with Crippen molar-refractivity contribution in [2.75, 3.05) is 7.05 Å². The molecule has 1 aliphatic carbocycles. The zero-order valence-electron chi connectivity index (χ0n) is 14.1. The molecule has 4 nitrogen and oxygen atoms in total. The van der Waals surface area contributed by atoms with Crippen molar-refractivity contribution in [1.29, 1.82) is 0 Å². The Morgan fingerprint density at radius 1 is 1.20 bits per heavy atom. The third-order valence-corrected chi connectivity index (χ3v) is 5.08. The topological polar surface area (TPSA) is 53.5 Å². The van der Waals surface area contributed by atoms with Gasteiger partial charge in [0.1, 0.15) is 5.82 Å². The predicted molar refractivity (Wildman–Crippen MR) is 95.7 cm³/mol. The number of amides is 1. The zero-order valence-corrected chi connectivity index (χ0v) is 14.1. The molecule has 1 aliphatic heterocycles. The quantitative estimate of drug-likeness (QED) is 0.840. The van der Waals surface area contributed by atoms with Crippen LogP contribution in [0.5, 0.6) is 0 Å². The van der Waals surface area contributed by atoms with Gasteiger partial charge in [0.15, 0.2) is 5.96 Å². The van der Waals surface area contributed by atoms with Crippen molar-refractivity contribution in [3.63, 3.8) is 0 Å². The Hall–Kier alpha value is -2.69. The molecule has 1 spiro atoms. The van der Waals surface area contributed by atoms with E-state index in [1.165, 1.54) is 17.7 Å². The lowest BCUT2D eigenvalue weighted by molar-refractivity contribution is -0.121. The van der Waals surface area contributed by atoms with E-state index in [0.717, 1.165) is 36.0 Å². The average molecular weight is 337 g/mol. The van der Waals surface area contributed by atoms with E-state index >= 15 is 0 Å². The van der Waals surface area contributed by atoms with E-state index in [1.54, 1.807) is 13.1 Å². The number of carbonyl (C=O) groups is 1. The lowest BCUT2D eigenvalue weighted by Crippen LogP contribution is -2.49. The van der Waals surface area contributed by atoms with E-state index in [1.807, 2.05) is 12.1 Å². The van der Waals surface area contributed by atoms with E-state index in [-0.39, 0.29) is 11.7 Å². The minimum atomic E-state index is -0.530. The molecular formula is C20H20FN3O. The van der Waals surface area contributed by atoms with Crippen molar-refractivity contribution in [3.05, 3.63) is 59.4 Å². The van der Waals surface area contributed by atoms with Gasteiger partial charge in [-0.15, -0.1) is 0 Å². The van der Waals surface area contributed by atoms with Gasteiger partial charge < -0.3 is 5.32 Å². The summed E-state index contributed by atoms with van der Waals surface area (Å²) < 4.78 is 13.6. The van der Waals surface area contributed by atoms with Gasteiger partial charge in [-0.1, -0.05) is 24.3 Å². The fourth-order valence-corrected chi connectivity index (χ4v) is 3.92. The Morgan fingerprint density at radius 3 is 2.84 bits per heavy atom. The van der Waals surface area contributed by atoms with Crippen LogP contribution in [0.1, 0.15) is 30.4 Å². The number of fused-ring (bicyclic) bond motifs is 2. The Labute approximate surface area is 146 Å². The maximum Gasteiger partial charge on any atom is 0.229 e. The normalized spacial score (nSPS) is 22.2. The molecule has 2 aromatic rings. The number of nitrogens with one attached hydrogen (secondary N) is 2. The molecule has 4 rings (SSSR count). The predicted octanol–water partition coefficient (Wildman–Crippen LogP) is 3.12. The molecule has 0 fully saturated rings. The first-order valence-corrected chi connectivity index (χ1v) is 8.56. The fraction of sp³-hybridized carbons (Fsp3) is 0.300. The highest BCUT2D eigenvalue weighted by molar-refractivity contribution is 5.99. The Balaban J connectivity index is 1.86. The molecule has 25 heavy (non-hydrogen) atoms. The Bertz CT molecular complexity index is 877. The van der Waals surface area contributed by atoms with Crippen molar-refractivity contribution >= 4 is 11.9 Å². The van der Waals surface area contributed by atoms with Crippen LogP contribution in [-0.2, 0) is 16.8 Å². The number of hydrogen-bond donors (Lipinski definition) is 2. The first-order chi connectivity index (χ1) is 12.1. The maximum atomic E-state index is 13.6. The van der Waals surface area contributed by atoms with Gasteiger partial charge >= 0.3 is 0 Å². The molecule has 0 saturated carbocycles. The van der Waals surface area contributed by atoms with E-state index in [0.29, 0.717) is 12.4 Å². The first kappa shape index (κ1) is 15.8. The highest BCUT2D eigenvalue weighted by atomic mass is 19.1. The lowest BCUT2D eigenvalue weighted by Gasteiger charge is -2.38. The van der Waals surface area contributed by atoms with Gasteiger partial charge in [-0.25, -0.2) is 9.38 Å². The molecule has 1 heterocycles. The van der Waals surface area contributed by atoms with Gasteiger partial charge in [0, 0.05) is 7.05 Å². The van der Waals surface area contributed by atoms with Crippen LogP contribution in [0.3, 0.4) is 0 Å². The Morgan fingerprint density at radius 2 is 2.04 bits per heavy atom. The van der Waals surface area contributed by atoms with Crippen LogP contribution >= 0.6 is 0 Å². The van der Waals surface area contributed by atoms with Gasteiger partial charge in [-0.2, -0.15) is 0 Å². The molecular weight excluding hydrogens is 317 g/mol. The third kappa shape index (κ3) is 2.80.